The second-order valence-corrected chi connectivity index (χ2v) is 6.63. The van der Waals surface area contributed by atoms with Crippen molar-refractivity contribution in [2.75, 3.05) is 6.61 Å². The summed E-state index contributed by atoms with van der Waals surface area (Å²) in [6.07, 6.45) is 10.1. The van der Waals surface area contributed by atoms with E-state index in [1.807, 2.05) is 0 Å². The first-order valence-corrected chi connectivity index (χ1v) is 6.79. The maximum absolute atomic E-state index is 9.38. The highest BCUT2D eigenvalue weighted by atomic mass is 16.3. The maximum Gasteiger partial charge on any atom is 0.0439 e. The van der Waals surface area contributed by atoms with Crippen LogP contribution in [0.2, 0.25) is 0 Å². The van der Waals surface area contributed by atoms with Gasteiger partial charge in [0.1, 0.15) is 0 Å². The van der Waals surface area contributed by atoms with Crippen molar-refractivity contribution in [2.24, 2.45) is 16.7 Å². The van der Waals surface area contributed by atoms with E-state index in [0.29, 0.717) is 17.4 Å². The molecule has 0 unspecified atom stereocenters. The normalized spacial score (nSPS) is 37.8. The molecule has 92 valence electrons. The van der Waals surface area contributed by atoms with Gasteiger partial charge in [0.25, 0.3) is 0 Å². The van der Waals surface area contributed by atoms with Crippen LogP contribution < -0.4 is 0 Å². The monoisotopic (exact) mass is 222 g/mol. The highest BCUT2D eigenvalue weighted by Crippen LogP contribution is 2.58. The molecule has 1 nitrogen and oxygen atoms in total. The van der Waals surface area contributed by atoms with Gasteiger partial charge in [0.2, 0.25) is 0 Å². The molecule has 0 heterocycles. The summed E-state index contributed by atoms with van der Waals surface area (Å²) in [5.41, 5.74) is 2.33. The molecule has 2 rings (SSSR count). The topological polar surface area (TPSA) is 20.2 Å². The van der Waals surface area contributed by atoms with E-state index in [-0.39, 0.29) is 0 Å². The molecule has 0 aromatic heterocycles. The number of allylic oxidation sites excluding steroid dienone is 2. The highest BCUT2D eigenvalue weighted by Gasteiger charge is 2.48. The Morgan fingerprint density at radius 2 is 2.12 bits per heavy atom. The zero-order chi connectivity index (χ0) is 11.8. The van der Waals surface area contributed by atoms with Crippen LogP contribution in [0.15, 0.2) is 11.6 Å². The van der Waals surface area contributed by atoms with Crippen molar-refractivity contribution < 1.29 is 5.11 Å². The molecule has 1 fully saturated rings. The molecule has 0 aromatic carbocycles. The predicted octanol–water partition coefficient (Wildman–Crippen LogP) is 3.92. The Balaban J connectivity index is 2.34. The Labute approximate surface area is 99.9 Å². The smallest absolute Gasteiger partial charge is 0.0439 e. The number of aliphatic hydroxyl groups excluding tert-OH is 1. The van der Waals surface area contributed by atoms with E-state index in [4.69, 9.17) is 0 Å². The lowest BCUT2D eigenvalue weighted by Crippen LogP contribution is -2.45. The average Bonchev–Trinajstić information content (AvgIpc) is 2.16. The van der Waals surface area contributed by atoms with Gasteiger partial charge in [-0.3, -0.25) is 0 Å². The highest BCUT2D eigenvalue weighted by molar-refractivity contribution is 5.17. The third kappa shape index (κ3) is 1.95. The molecule has 1 saturated carbocycles. The minimum atomic E-state index is 0.318. The van der Waals surface area contributed by atoms with Gasteiger partial charge in [-0.1, -0.05) is 31.9 Å². The average molecular weight is 222 g/mol. The van der Waals surface area contributed by atoms with Gasteiger partial charge in [-0.15, -0.1) is 0 Å². The molecule has 16 heavy (non-hydrogen) atoms. The van der Waals surface area contributed by atoms with Crippen LogP contribution in [0.4, 0.5) is 0 Å². The van der Waals surface area contributed by atoms with Crippen molar-refractivity contribution in [3.05, 3.63) is 11.6 Å². The van der Waals surface area contributed by atoms with Crippen LogP contribution in [-0.2, 0) is 0 Å². The van der Waals surface area contributed by atoms with Crippen molar-refractivity contribution >= 4 is 0 Å². The Morgan fingerprint density at radius 1 is 1.38 bits per heavy atom. The minimum absolute atomic E-state index is 0.318. The Morgan fingerprint density at radius 3 is 2.81 bits per heavy atom. The van der Waals surface area contributed by atoms with E-state index in [1.165, 1.54) is 32.1 Å². The lowest BCUT2D eigenvalue weighted by atomic mass is 9.51. The second-order valence-electron chi connectivity index (χ2n) is 6.63. The zero-order valence-electron chi connectivity index (χ0n) is 11.1. The molecule has 0 spiro atoms. The number of rotatable bonds is 2. The van der Waals surface area contributed by atoms with Crippen molar-refractivity contribution in [1.82, 2.24) is 0 Å². The van der Waals surface area contributed by atoms with Crippen LogP contribution in [0.25, 0.3) is 0 Å². The molecule has 0 radical (unpaired) electrons. The summed E-state index contributed by atoms with van der Waals surface area (Å²) in [4.78, 5) is 0. The number of aliphatic hydroxyl groups is 1. The number of hydrogen-bond acceptors (Lipinski definition) is 1. The van der Waals surface area contributed by atoms with Gasteiger partial charge in [0, 0.05) is 6.61 Å². The molecule has 1 N–H and O–H groups in total. The summed E-state index contributed by atoms with van der Waals surface area (Å²) in [5.74, 6) is 0.782. The largest absolute Gasteiger partial charge is 0.396 e. The molecule has 2 aliphatic rings. The number of fused-ring (bicyclic) bond motifs is 1. The first kappa shape index (κ1) is 12.2. The summed E-state index contributed by atoms with van der Waals surface area (Å²) in [7, 11) is 0. The van der Waals surface area contributed by atoms with Crippen molar-refractivity contribution in [1.29, 1.82) is 0 Å². The zero-order valence-corrected chi connectivity index (χ0v) is 11.1. The van der Waals surface area contributed by atoms with Gasteiger partial charge in [0.15, 0.2) is 0 Å². The van der Waals surface area contributed by atoms with E-state index in [2.05, 4.69) is 26.8 Å². The van der Waals surface area contributed by atoms with Crippen LogP contribution in [0, 0.1) is 16.7 Å². The quantitative estimate of drug-likeness (QED) is 0.702. The first-order chi connectivity index (χ1) is 7.50. The van der Waals surface area contributed by atoms with E-state index >= 15 is 0 Å². The van der Waals surface area contributed by atoms with Crippen molar-refractivity contribution in [3.63, 3.8) is 0 Å². The van der Waals surface area contributed by atoms with Crippen molar-refractivity contribution in [3.8, 4) is 0 Å². The van der Waals surface area contributed by atoms with Crippen LogP contribution in [0.3, 0.4) is 0 Å². The third-order valence-corrected chi connectivity index (χ3v) is 5.04. The summed E-state index contributed by atoms with van der Waals surface area (Å²) in [6.45, 7) is 7.46. The van der Waals surface area contributed by atoms with Gasteiger partial charge in [0.05, 0.1) is 0 Å². The lowest BCUT2D eigenvalue weighted by molar-refractivity contribution is -0.00554. The fraction of sp³-hybridized carbons (Fsp3) is 0.867. The Kier molecular flexibility index (Phi) is 3.18. The molecular formula is C15H26O. The maximum atomic E-state index is 9.38. The Bertz CT molecular complexity index is 286. The number of hydrogen-bond donors (Lipinski definition) is 1. The van der Waals surface area contributed by atoms with E-state index in [1.54, 1.807) is 5.57 Å². The molecule has 1 heteroatoms. The summed E-state index contributed by atoms with van der Waals surface area (Å²) in [6, 6.07) is 0. The van der Waals surface area contributed by atoms with Crippen LogP contribution >= 0.6 is 0 Å². The Hall–Kier alpha value is -0.300. The molecule has 2 atom stereocenters. The molecule has 2 aliphatic carbocycles. The SMILES string of the molecule is CC1=C[C@]2(CCO)CCCC(C)(C)[C@@H]2CC1. The van der Waals surface area contributed by atoms with Gasteiger partial charge in [-0.2, -0.15) is 0 Å². The first-order valence-electron chi connectivity index (χ1n) is 6.79. The summed E-state index contributed by atoms with van der Waals surface area (Å²) >= 11 is 0. The molecule has 0 aromatic rings. The van der Waals surface area contributed by atoms with Gasteiger partial charge < -0.3 is 5.11 Å². The fourth-order valence-electron chi connectivity index (χ4n) is 4.37. The van der Waals surface area contributed by atoms with E-state index in [9.17, 15) is 5.11 Å². The molecular weight excluding hydrogens is 196 g/mol. The van der Waals surface area contributed by atoms with Crippen LogP contribution in [0.1, 0.15) is 59.3 Å². The minimum Gasteiger partial charge on any atom is -0.396 e. The van der Waals surface area contributed by atoms with E-state index in [0.717, 1.165) is 12.3 Å². The molecule has 0 aliphatic heterocycles. The van der Waals surface area contributed by atoms with Gasteiger partial charge >= 0.3 is 0 Å². The molecule has 0 saturated heterocycles. The fourth-order valence-corrected chi connectivity index (χ4v) is 4.37. The third-order valence-electron chi connectivity index (χ3n) is 5.04. The second kappa shape index (κ2) is 4.18. The molecule has 0 amide bonds. The van der Waals surface area contributed by atoms with Crippen LogP contribution in [0.5, 0.6) is 0 Å². The van der Waals surface area contributed by atoms with Crippen molar-refractivity contribution in [2.45, 2.75) is 59.3 Å². The standard InChI is InChI=1S/C15H26O/c1-12-5-6-13-14(2,3)7-4-8-15(13,11-12)9-10-16/h11,13,16H,4-10H2,1-3H3/t13-,15+/m0/s1. The summed E-state index contributed by atoms with van der Waals surface area (Å²) < 4.78 is 0. The van der Waals surface area contributed by atoms with Gasteiger partial charge in [-0.25, -0.2) is 0 Å². The van der Waals surface area contributed by atoms with E-state index < -0.39 is 0 Å². The predicted molar refractivity (Wildman–Crippen MR) is 68.2 cm³/mol. The summed E-state index contributed by atoms with van der Waals surface area (Å²) in [5, 5.41) is 9.38. The van der Waals surface area contributed by atoms with Crippen LogP contribution in [-0.4, -0.2) is 11.7 Å². The lowest BCUT2D eigenvalue weighted by Gasteiger charge is -2.53. The van der Waals surface area contributed by atoms with Gasteiger partial charge in [-0.05, 0) is 55.8 Å². The molecule has 0 bridgehead atoms.